The Bertz CT molecular complexity index is 990. The predicted octanol–water partition coefficient (Wildman–Crippen LogP) is 3.89. The molecule has 2 aromatic rings. The van der Waals surface area contributed by atoms with E-state index in [2.05, 4.69) is 12.2 Å². The van der Waals surface area contributed by atoms with Gasteiger partial charge in [0.25, 0.3) is 0 Å². The molecule has 2 bridgehead atoms. The zero-order valence-corrected chi connectivity index (χ0v) is 15.2. The van der Waals surface area contributed by atoms with Crippen molar-refractivity contribution in [2.45, 2.75) is 6.42 Å². The number of carbonyl (C=O) groups excluding carboxylic acids is 3. The van der Waals surface area contributed by atoms with Gasteiger partial charge in [-0.25, -0.2) is 0 Å². The highest BCUT2D eigenvalue weighted by molar-refractivity contribution is 6.22. The highest BCUT2D eigenvalue weighted by Gasteiger charge is 2.59. The number of anilines is 1. The number of rotatable bonds is 4. The molecule has 2 aromatic carbocycles. The average Bonchev–Trinajstić information content (AvgIpc) is 3.41. The topological polar surface area (TPSA) is 54.5 Å². The quantitative estimate of drug-likeness (QED) is 0.356. The Labute approximate surface area is 163 Å². The Morgan fingerprint density at radius 1 is 0.857 bits per heavy atom. The second-order valence-corrected chi connectivity index (χ2v) is 7.67. The first-order valence-corrected chi connectivity index (χ1v) is 9.57. The molecule has 3 aliphatic rings. The molecule has 4 unspecified atom stereocenters. The highest BCUT2D eigenvalue weighted by Crippen LogP contribution is 2.53. The molecule has 0 spiro atoms. The number of amides is 2. The van der Waals surface area contributed by atoms with Gasteiger partial charge in [-0.1, -0.05) is 60.7 Å². The van der Waals surface area contributed by atoms with Crippen molar-refractivity contribution in [3.63, 3.8) is 0 Å². The second kappa shape index (κ2) is 6.41. The number of ketones is 1. The van der Waals surface area contributed by atoms with Crippen molar-refractivity contribution in [2.24, 2.45) is 23.7 Å². The number of allylic oxidation sites excluding steroid dienone is 3. The summed E-state index contributed by atoms with van der Waals surface area (Å²) in [5.74, 6) is -0.171. The molecule has 0 radical (unpaired) electrons. The maximum absolute atomic E-state index is 12.9. The van der Waals surface area contributed by atoms with Crippen molar-refractivity contribution in [1.82, 2.24) is 0 Å². The third kappa shape index (κ3) is 2.56. The third-order valence-corrected chi connectivity index (χ3v) is 6.11. The average molecular weight is 369 g/mol. The first kappa shape index (κ1) is 16.9. The van der Waals surface area contributed by atoms with E-state index < -0.39 is 0 Å². The fourth-order valence-corrected chi connectivity index (χ4v) is 4.76. The fraction of sp³-hybridized carbons (Fsp3) is 0.208. The number of imide groups is 1. The van der Waals surface area contributed by atoms with E-state index in [0.717, 1.165) is 12.0 Å². The molecule has 0 N–H and O–H groups in total. The van der Waals surface area contributed by atoms with Crippen LogP contribution in [0.4, 0.5) is 5.69 Å². The highest BCUT2D eigenvalue weighted by atomic mass is 16.2. The number of hydrogen-bond donors (Lipinski definition) is 0. The number of fused-ring (bicyclic) bond motifs is 5. The lowest BCUT2D eigenvalue weighted by molar-refractivity contribution is -0.123. The first-order valence-electron chi connectivity index (χ1n) is 9.57. The van der Waals surface area contributed by atoms with Gasteiger partial charge >= 0.3 is 0 Å². The van der Waals surface area contributed by atoms with E-state index in [1.165, 1.54) is 11.0 Å². The summed E-state index contributed by atoms with van der Waals surface area (Å²) in [7, 11) is 0. The van der Waals surface area contributed by atoms with E-state index in [1.54, 1.807) is 30.3 Å². The minimum atomic E-state index is -0.189. The third-order valence-electron chi connectivity index (χ3n) is 6.11. The van der Waals surface area contributed by atoms with Crippen LogP contribution in [-0.4, -0.2) is 17.6 Å². The van der Waals surface area contributed by atoms with Crippen molar-refractivity contribution in [3.8, 4) is 0 Å². The summed E-state index contributed by atoms with van der Waals surface area (Å²) in [5.41, 5.74) is 2.09. The number of hydrogen-bond acceptors (Lipinski definition) is 3. The molecule has 1 aliphatic heterocycles. The van der Waals surface area contributed by atoms with Gasteiger partial charge in [-0.2, -0.15) is 0 Å². The molecular weight excluding hydrogens is 350 g/mol. The van der Waals surface area contributed by atoms with E-state index in [0.29, 0.717) is 11.3 Å². The van der Waals surface area contributed by atoms with Gasteiger partial charge in [0.05, 0.1) is 17.5 Å². The molecule has 1 saturated carbocycles. The molecule has 4 nitrogen and oxygen atoms in total. The predicted molar refractivity (Wildman–Crippen MR) is 106 cm³/mol. The SMILES string of the molecule is O=C(C=Cc1ccc(N2C(=O)C3C4C=CC(C4)C3C2=O)cc1)c1ccccc1. The van der Waals surface area contributed by atoms with Gasteiger partial charge in [0.2, 0.25) is 11.8 Å². The summed E-state index contributed by atoms with van der Waals surface area (Å²) in [5, 5.41) is 0. The van der Waals surface area contributed by atoms with Gasteiger partial charge in [-0.15, -0.1) is 0 Å². The molecule has 2 fully saturated rings. The Balaban J connectivity index is 1.33. The zero-order chi connectivity index (χ0) is 19.3. The Hall–Kier alpha value is -3.27. The number of nitrogens with zero attached hydrogens (tertiary/aromatic N) is 1. The summed E-state index contributed by atoms with van der Waals surface area (Å²) in [6, 6.07) is 16.3. The Morgan fingerprint density at radius 3 is 2.07 bits per heavy atom. The van der Waals surface area contributed by atoms with Crippen molar-refractivity contribution in [1.29, 1.82) is 0 Å². The molecule has 138 valence electrons. The van der Waals surface area contributed by atoms with Crippen LogP contribution in [0, 0.1) is 23.7 Å². The Morgan fingerprint density at radius 2 is 1.46 bits per heavy atom. The summed E-state index contributed by atoms with van der Waals surface area (Å²) in [6.07, 6.45) is 8.39. The van der Waals surface area contributed by atoms with Crippen molar-refractivity contribution in [3.05, 3.63) is 84.0 Å². The maximum atomic E-state index is 12.9. The minimum Gasteiger partial charge on any atom is -0.289 e. The molecule has 2 amide bonds. The van der Waals surface area contributed by atoms with E-state index in [1.807, 2.05) is 30.3 Å². The molecule has 1 saturated heterocycles. The van der Waals surface area contributed by atoms with Crippen LogP contribution in [0.5, 0.6) is 0 Å². The van der Waals surface area contributed by atoms with Crippen LogP contribution in [-0.2, 0) is 9.59 Å². The lowest BCUT2D eigenvalue weighted by Gasteiger charge is -2.17. The lowest BCUT2D eigenvalue weighted by atomic mass is 9.85. The molecular formula is C24H19NO3. The molecule has 28 heavy (non-hydrogen) atoms. The van der Waals surface area contributed by atoms with E-state index >= 15 is 0 Å². The Kier molecular flexibility index (Phi) is 3.86. The normalized spacial score (nSPS) is 27.8. The smallest absolute Gasteiger partial charge is 0.238 e. The fourth-order valence-electron chi connectivity index (χ4n) is 4.76. The summed E-state index contributed by atoms with van der Waals surface area (Å²) >= 11 is 0. The molecule has 4 atom stereocenters. The summed E-state index contributed by atoms with van der Waals surface area (Å²) in [4.78, 5) is 39.2. The van der Waals surface area contributed by atoms with Gasteiger partial charge < -0.3 is 0 Å². The van der Waals surface area contributed by atoms with E-state index in [-0.39, 0.29) is 41.3 Å². The number of carbonyl (C=O) groups is 3. The van der Waals surface area contributed by atoms with Crippen LogP contribution < -0.4 is 4.90 Å². The van der Waals surface area contributed by atoms with Gasteiger partial charge in [-0.3, -0.25) is 19.3 Å². The van der Waals surface area contributed by atoms with Crippen LogP contribution in [0.2, 0.25) is 0 Å². The van der Waals surface area contributed by atoms with Gasteiger partial charge in [-0.05, 0) is 42.0 Å². The van der Waals surface area contributed by atoms with Crippen molar-refractivity contribution in [2.75, 3.05) is 4.90 Å². The van der Waals surface area contributed by atoms with Crippen LogP contribution in [0.1, 0.15) is 22.3 Å². The lowest BCUT2D eigenvalue weighted by Crippen LogP contribution is -2.32. The second-order valence-electron chi connectivity index (χ2n) is 7.67. The van der Waals surface area contributed by atoms with Crippen molar-refractivity contribution < 1.29 is 14.4 Å². The monoisotopic (exact) mass is 369 g/mol. The first-order chi connectivity index (χ1) is 13.6. The van der Waals surface area contributed by atoms with Crippen LogP contribution in [0.15, 0.2) is 72.8 Å². The van der Waals surface area contributed by atoms with Gasteiger partial charge in [0.1, 0.15) is 0 Å². The largest absolute Gasteiger partial charge is 0.289 e. The van der Waals surface area contributed by atoms with Crippen molar-refractivity contribution >= 4 is 29.4 Å². The molecule has 0 aromatic heterocycles. The maximum Gasteiger partial charge on any atom is 0.238 e. The van der Waals surface area contributed by atoms with E-state index in [4.69, 9.17) is 0 Å². The molecule has 4 heteroatoms. The molecule has 5 rings (SSSR count). The zero-order valence-electron chi connectivity index (χ0n) is 15.2. The van der Waals surface area contributed by atoms with Gasteiger partial charge in [0.15, 0.2) is 5.78 Å². The summed E-state index contributed by atoms with van der Waals surface area (Å²) in [6.45, 7) is 0. The minimum absolute atomic E-state index is 0.0645. The summed E-state index contributed by atoms with van der Waals surface area (Å²) < 4.78 is 0. The number of benzene rings is 2. The van der Waals surface area contributed by atoms with Gasteiger partial charge in [0, 0.05) is 5.56 Å². The molecule has 2 aliphatic carbocycles. The standard InChI is InChI=1S/C24H19NO3/c26-20(16-4-2-1-3-5-16)13-8-15-6-11-19(12-7-15)25-23(27)21-17-9-10-18(14-17)22(21)24(25)28/h1-13,17-18,21-22H,14H2. The van der Waals surface area contributed by atoms with E-state index in [9.17, 15) is 14.4 Å². The van der Waals surface area contributed by atoms with Crippen LogP contribution in [0.25, 0.3) is 6.08 Å². The van der Waals surface area contributed by atoms with Crippen LogP contribution in [0.3, 0.4) is 0 Å². The van der Waals surface area contributed by atoms with Crippen LogP contribution >= 0.6 is 0 Å². The molecule has 1 heterocycles.